The van der Waals surface area contributed by atoms with E-state index < -0.39 is 60.1 Å². The number of carbonyl (C=O) groups is 2. The number of amides is 1. The second-order valence-electron chi connectivity index (χ2n) is 16.4. The number of methoxy groups -OCH3 is 2. The van der Waals surface area contributed by atoms with Crippen LogP contribution in [-0.2, 0) is 16.0 Å². The molecule has 3 aromatic rings. The summed E-state index contributed by atoms with van der Waals surface area (Å²) in [6, 6.07) is 13.9. The Morgan fingerprint density at radius 2 is 1.53 bits per heavy atom. The zero-order chi connectivity index (χ0) is 42.4. The topological polar surface area (TPSA) is 82.5 Å². The van der Waals surface area contributed by atoms with E-state index in [1.165, 1.54) is 24.8 Å². The quantitative estimate of drug-likeness (QED) is 0.101. The van der Waals surface area contributed by atoms with E-state index in [9.17, 15) is 23.5 Å². The molecule has 2 fully saturated rings. The molecule has 1 N–H and O–H groups in total. The molecule has 0 aromatic heterocycles. The number of rotatable bonds is 18. The first-order chi connectivity index (χ1) is 27.5. The molecule has 0 unspecified atom stereocenters. The fourth-order valence-electron chi connectivity index (χ4n) is 9.09. The van der Waals surface area contributed by atoms with Crippen molar-refractivity contribution >= 4 is 22.6 Å². The third-order valence-electron chi connectivity index (χ3n) is 12.5. The third kappa shape index (κ3) is 9.33. The molecule has 0 aliphatic carbocycles. The normalized spacial score (nSPS) is 17.6. The third-order valence-corrected chi connectivity index (χ3v) is 12.5. The molecule has 0 saturated carbocycles. The highest BCUT2D eigenvalue weighted by molar-refractivity contribution is 6.01. The first-order valence-electron chi connectivity index (χ1n) is 20.7. The molecule has 2 aliphatic rings. The summed E-state index contributed by atoms with van der Waals surface area (Å²) in [6.07, 6.45) is 3.35. The summed E-state index contributed by atoms with van der Waals surface area (Å²) >= 11 is 0. The van der Waals surface area contributed by atoms with Crippen LogP contribution in [0.4, 0.5) is 17.6 Å². The van der Waals surface area contributed by atoms with Crippen LogP contribution in [0, 0.1) is 5.41 Å². The van der Waals surface area contributed by atoms with Gasteiger partial charge in [-0.25, -0.2) is 22.4 Å². The van der Waals surface area contributed by atoms with Crippen LogP contribution in [0.3, 0.4) is 0 Å². The van der Waals surface area contributed by atoms with Gasteiger partial charge in [0.25, 0.3) is 11.8 Å². The van der Waals surface area contributed by atoms with Crippen molar-refractivity contribution in [2.45, 2.75) is 102 Å². The standard InChI is InChI=1S/C46H61F4N3O5/c1-8-10-22-52-23-17-32(18-24-52)34-28-39(57-6)41(40(29-34)58-7)37-16-12-14-35-33(13-11-15-36(35)37)27-38(42(54)55)51(5)43(56)44(46(49,50)31(3)4)20-25-53(26-21-44)30-45(47,48)19-9-2/h11-16,28-29,32,38H,3,8-10,17-27,30H2,1-2,4-7H3,(H,54,55)/t38-/m0/s1. The largest absolute Gasteiger partial charge is 0.496 e. The van der Waals surface area contributed by atoms with Gasteiger partial charge in [0.2, 0.25) is 5.91 Å². The van der Waals surface area contributed by atoms with Gasteiger partial charge < -0.3 is 24.4 Å². The highest BCUT2D eigenvalue weighted by Gasteiger charge is 2.61. The van der Waals surface area contributed by atoms with Crippen LogP contribution >= 0.6 is 0 Å². The van der Waals surface area contributed by atoms with E-state index in [1.807, 2.05) is 30.3 Å². The van der Waals surface area contributed by atoms with E-state index in [1.54, 1.807) is 27.2 Å². The highest BCUT2D eigenvalue weighted by Crippen LogP contribution is 2.51. The number of hydrogen-bond acceptors (Lipinski definition) is 6. The molecule has 58 heavy (non-hydrogen) atoms. The van der Waals surface area contributed by atoms with Crippen molar-refractivity contribution in [3.05, 3.63) is 71.8 Å². The number of alkyl halides is 4. The smallest absolute Gasteiger partial charge is 0.326 e. The number of carboxylic acids is 1. The summed E-state index contributed by atoms with van der Waals surface area (Å²) in [6.45, 7) is 10.7. The van der Waals surface area contributed by atoms with Crippen LogP contribution in [-0.4, -0.2) is 110 Å². The van der Waals surface area contributed by atoms with Crippen molar-refractivity contribution in [3.63, 3.8) is 0 Å². The predicted molar refractivity (Wildman–Crippen MR) is 221 cm³/mol. The molecule has 2 saturated heterocycles. The van der Waals surface area contributed by atoms with Crippen LogP contribution in [0.15, 0.2) is 60.7 Å². The number of likely N-dealkylation sites (tertiary alicyclic amines) is 2. The van der Waals surface area contributed by atoms with Gasteiger partial charge in [-0.15, -0.1) is 0 Å². The summed E-state index contributed by atoms with van der Waals surface area (Å²) in [5, 5.41) is 12.1. The van der Waals surface area contributed by atoms with Crippen molar-refractivity contribution in [1.82, 2.24) is 14.7 Å². The van der Waals surface area contributed by atoms with Gasteiger partial charge in [0.1, 0.15) is 23.0 Å². The average molecular weight is 812 g/mol. The van der Waals surface area contributed by atoms with E-state index >= 15 is 8.78 Å². The second-order valence-corrected chi connectivity index (χ2v) is 16.4. The zero-order valence-corrected chi connectivity index (χ0v) is 35.0. The molecule has 0 radical (unpaired) electrons. The summed E-state index contributed by atoms with van der Waals surface area (Å²) in [5.41, 5.74) is 0.419. The molecule has 318 valence electrons. The number of unbranched alkanes of at least 4 members (excludes halogenated alkanes) is 1. The van der Waals surface area contributed by atoms with E-state index in [2.05, 4.69) is 30.5 Å². The number of ether oxygens (including phenoxy) is 2. The number of hydrogen-bond donors (Lipinski definition) is 1. The Morgan fingerprint density at radius 1 is 0.931 bits per heavy atom. The molecule has 8 nitrogen and oxygen atoms in total. The number of aliphatic carboxylic acids is 1. The van der Waals surface area contributed by atoms with Crippen molar-refractivity contribution in [1.29, 1.82) is 0 Å². The van der Waals surface area contributed by atoms with Gasteiger partial charge >= 0.3 is 5.97 Å². The van der Waals surface area contributed by atoms with Crippen LogP contribution in [0.1, 0.15) is 89.2 Å². The summed E-state index contributed by atoms with van der Waals surface area (Å²) in [5.74, 6) is -7.45. The lowest BCUT2D eigenvalue weighted by Gasteiger charge is -2.47. The van der Waals surface area contributed by atoms with E-state index in [-0.39, 0.29) is 32.4 Å². The van der Waals surface area contributed by atoms with Gasteiger partial charge in [0, 0.05) is 19.9 Å². The van der Waals surface area contributed by atoms with Gasteiger partial charge in [-0.05, 0) is 123 Å². The number of nitrogens with zero attached hydrogens (tertiary/aromatic N) is 3. The van der Waals surface area contributed by atoms with Gasteiger partial charge in [-0.3, -0.25) is 9.69 Å². The maximum atomic E-state index is 16.2. The lowest BCUT2D eigenvalue weighted by atomic mass is 9.69. The Hall–Kier alpha value is -4.16. The Kier molecular flexibility index (Phi) is 14.6. The fraction of sp³-hybridized carbons (Fsp3) is 0.565. The number of benzene rings is 3. The van der Waals surface area contributed by atoms with Crippen LogP contribution in [0.5, 0.6) is 11.5 Å². The van der Waals surface area contributed by atoms with E-state index in [4.69, 9.17) is 9.47 Å². The minimum Gasteiger partial charge on any atom is -0.496 e. The van der Waals surface area contributed by atoms with Gasteiger partial charge in [0.15, 0.2) is 0 Å². The Morgan fingerprint density at radius 3 is 2.09 bits per heavy atom. The molecular formula is C46H61F4N3O5. The highest BCUT2D eigenvalue weighted by atomic mass is 19.3. The van der Waals surface area contributed by atoms with Crippen molar-refractivity contribution in [2.24, 2.45) is 5.41 Å². The maximum Gasteiger partial charge on any atom is 0.326 e. The van der Waals surface area contributed by atoms with Crippen molar-refractivity contribution in [3.8, 4) is 22.6 Å². The van der Waals surface area contributed by atoms with Crippen LogP contribution < -0.4 is 9.47 Å². The summed E-state index contributed by atoms with van der Waals surface area (Å²) in [7, 11) is 4.50. The SMILES string of the molecule is C=C(C)C(F)(F)C1(C(=O)N(C)[C@@H](Cc2cccc3c(-c4c(OC)cc(C5CCN(CCCC)CC5)cc4OC)cccc23)C(=O)O)CCN(CC(F)(F)CCC)CC1. The Labute approximate surface area is 341 Å². The molecule has 1 amide bonds. The van der Waals surface area contributed by atoms with E-state index in [0.717, 1.165) is 71.8 Å². The first kappa shape index (κ1) is 44.9. The number of carbonyl (C=O) groups excluding carboxylic acids is 1. The Bertz CT molecular complexity index is 1900. The Balaban J connectivity index is 1.46. The number of carboxylic acid groups (broad SMARTS) is 1. The fourth-order valence-corrected chi connectivity index (χ4v) is 9.09. The molecular weight excluding hydrogens is 751 g/mol. The molecule has 2 heterocycles. The van der Waals surface area contributed by atoms with Crippen LogP contribution in [0.2, 0.25) is 0 Å². The van der Waals surface area contributed by atoms with E-state index in [0.29, 0.717) is 23.0 Å². The number of halogens is 4. The number of allylic oxidation sites excluding steroid dienone is 1. The second kappa shape index (κ2) is 18.8. The maximum absolute atomic E-state index is 16.2. The molecule has 0 bridgehead atoms. The van der Waals surface area contributed by atoms with Gasteiger partial charge in [-0.1, -0.05) is 69.7 Å². The van der Waals surface area contributed by atoms with Gasteiger partial charge in [0.05, 0.1) is 26.3 Å². The molecule has 12 heteroatoms. The minimum absolute atomic E-state index is 0.169. The number of piperidine rings is 2. The van der Waals surface area contributed by atoms with Crippen molar-refractivity contribution in [2.75, 3.05) is 60.5 Å². The lowest BCUT2D eigenvalue weighted by Crippen LogP contribution is -2.61. The van der Waals surface area contributed by atoms with Crippen molar-refractivity contribution < 1.29 is 41.7 Å². The van der Waals surface area contributed by atoms with Gasteiger partial charge in [-0.2, -0.15) is 0 Å². The molecule has 0 spiro atoms. The lowest BCUT2D eigenvalue weighted by molar-refractivity contribution is -0.178. The molecule has 5 rings (SSSR count). The zero-order valence-electron chi connectivity index (χ0n) is 35.0. The number of likely N-dealkylation sites (N-methyl/N-ethyl adjacent to an activating group) is 1. The van der Waals surface area contributed by atoms with Crippen LogP contribution in [0.25, 0.3) is 21.9 Å². The molecule has 1 atom stereocenters. The first-order valence-corrected chi connectivity index (χ1v) is 20.7. The molecule has 2 aliphatic heterocycles. The summed E-state index contributed by atoms with van der Waals surface area (Å²) < 4.78 is 73.5. The predicted octanol–water partition coefficient (Wildman–Crippen LogP) is 9.69. The number of fused-ring (bicyclic) bond motifs is 1. The minimum atomic E-state index is -3.71. The monoisotopic (exact) mass is 811 g/mol. The summed E-state index contributed by atoms with van der Waals surface area (Å²) in [4.78, 5) is 32.2. The average Bonchev–Trinajstić information content (AvgIpc) is 3.20. The molecule has 3 aromatic carbocycles.